The molecule has 5 heteroatoms. The molecule has 104 valence electrons. The van der Waals surface area contributed by atoms with Gasteiger partial charge in [0, 0.05) is 23.8 Å². The Bertz CT molecular complexity index is 543. The maximum atomic E-state index is 11.7. The molecule has 1 aromatic carbocycles. The van der Waals surface area contributed by atoms with Crippen molar-refractivity contribution in [3.05, 3.63) is 64.4 Å². The molecule has 0 aliphatic rings. The molecule has 0 spiro atoms. The number of amides is 1. The van der Waals surface area contributed by atoms with Gasteiger partial charge >= 0.3 is 0 Å². The van der Waals surface area contributed by atoms with Gasteiger partial charge in [-0.2, -0.15) is 0 Å². The summed E-state index contributed by atoms with van der Waals surface area (Å²) in [5, 5.41) is 5.93. The van der Waals surface area contributed by atoms with Crippen LogP contribution in [-0.4, -0.2) is 17.4 Å². The summed E-state index contributed by atoms with van der Waals surface area (Å²) in [6.07, 6.45) is 1.74. The molecule has 0 unspecified atom stereocenters. The first-order valence-electron chi connectivity index (χ1n) is 6.36. The Labute approximate surface area is 126 Å². The lowest BCUT2D eigenvalue weighted by atomic mass is 10.2. The number of benzene rings is 1. The average Bonchev–Trinajstić information content (AvgIpc) is 2.48. The van der Waals surface area contributed by atoms with Crippen molar-refractivity contribution in [3.8, 4) is 0 Å². The number of rotatable bonds is 6. The summed E-state index contributed by atoms with van der Waals surface area (Å²) < 4.78 is 0.946. The molecule has 4 nitrogen and oxygen atoms in total. The molecule has 0 aliphatic carbocycles. The van der Waals surface area contributed by atoms with Crippen molar-refractivity contribution >= 4 is 21.8 Å². The van der Waals surface area contributed by atoms with E-state index in [0.717, 1.165) is 15.7 Å². The Kier molecular flexibility index (Phi) is 5.70. The van der Waals surface area contributed by atoms with E-state index in [1.54, 1.807) is 6.20 Å². The molecule has 20 heavy (non-hydrogen) atoms. The Morgan fingerprint density at radius 2 is 1.90 bits per heavy atom. The maximum Gasteiger partial charge on any atom is 0.234 e. The Balaban J connectivity index is 1.66. The minimum absolute atomic E-state index is 0.0223. The number of hydrogen-bond donors (Lipinski definition) is 2. The smallest absolute Gasteiger partial charge is 0.234 e. The molecule has 0 bridgehead atoms. The number of hydrogen-bond acceptors (Lipinski definition) is 3. The standard InChI is InChI=1S/C15H16BrN3O/c16-13-6-7-14(18-9-13)10-17-11-15(20)19-8-12-4-2-1-3-5-12/h1-7,9,17H,8,10-11H2,(H,19,20). The SMILES string of the molecule is O=C(CNCc1ccc(Br)cn1)NCc1ccccc1. The van der Waals surface area contributed by atoms with Crippen LogP contribution in [0.25, 0.3) is 0 Å². The monoisotopic (exact) mass is 333 g/mol. The first kappa shape index (κ1) is 14.7. The van der Waals surface area contributed by atoms with E-state index in [1.807, 2.05) is 42.5 Å². The number of nitrogens with zero attached hydrogens (tertiary/aromatic N) is 1. The van der Waals surface area contributed by atoms with Crippen LogP contribution in [0, 0.1) is 0 Å². The van der Waals surface area contributed by atoms with Crippen molar-refractivity contribution in [2.24, 2.45) is 0 Å². The quantitative estimate of drug-likeness (QED) is 0.852. The third kappa shape index (κ3) is 5.11. The van der Waals surface area contributed by atoms with E-state index in [2.05, 4.69) is 31.5 Å². The molecule has 1 amide bonds. The fraction of sp³-hybridized carbons (Fsp3) is 0.200. The highest BCUT2D eigenvalue weighted by Gasteiger charge is 2.01. The van der Waals surface area contributed by atoms with Crippen molar-refractivity contribution in [2.75, 3.05) is 6.54 Å². The van der Waals surface area contributed by atoms with Gasteiger partial charge in [0.05, 0.1) is 12.2 Å². The zero-order chi connectivity index (χ0) is 14.2. The topological polar surface area (TPSA) is 54.0 Å². The van der Waals surface area contributed by atoms with Crippen LogP contribution in [0.15, 0.2) is 53.1 Å². The highest BCUT2D eigenvalue weighted by Crippen LogP contribution is 2.06. The van der Waals surface area contributed by atoms with Crippen LogP contribution in [0.1, 0.15) is 11.3 Å². The number of halogens is 1. The van der Waals surface area contributed by atoms with Crippen LogP contribution < -0.4 is 10.6 Å². The number of aromatic nitrogens is 1. The normalized spacial score (nSPS) is 10.2. The molecule has 0 saturated heterocycles. The van der Waals surface area contributed by atoms with Crippen LogP contribution in [0.4, 0.5) is 0 Å². The van der Waals surface area contributed by atoms with E-state index in [-0.39, 0.29) is 12.5 Å². The summed E-state index contributed by atoms with van der Waals surface area (Å²) in [4.78, 5) is 15.9. The van der Waals surface area contributed by atoms with Crippen LogP contribution >= 0.6 is 15.9 Å². The van der Waals surface area contributed by atoms with Gasteiger partial charge in [-0.3, -0.25) is 9.78 Å². The Morgan fingerprint density at radius 3 is 2.60 bits per heavy atom. The van der Waals surface area contributed by atoms with Gasteiger partial charge in [-0.1, -0.05) is 30.3 Å². The minimum atomic E-state index is -0.0223. The molecule has 1 aromatic heterocycles. The van der Waals surface area contributed by atoms with Crippen molar-refractivity contribution in [1.29, 1.82) is 0 Å². The Hall–Kier alpha value is -1.72. The molecule has 2 N–H and O–H groups in total. The van der Waals surface area contributed by atoms with Crippen molar-refractivity contribution in [3.63, 3.8) is 0 Å². The number of carbonyl (C=O) groups is 1. The van der Waals surface area contributed by atoms with Gasteiger partial charge in [-0.25, -0.2) is 0 Å². The summed E-state index contributed by atoms with van der Waals surface area (Å²) in [5.41, 5.74) is 2.00. The van der Waals surface area contributed by atoms with E-state index >= 15 is 0 Å². The first-order valence-corrected chi connectivity index (χ1v) is 7.15. The molecule has 0 aliphatic heterocycles. The van der Waals surface area contributed by atoms with Crippen LogP contribution in [0.5, 0.6) is 0 Å². The van der Waals surface area contributed by atoms with Crippen molar-refractivity contribution < 1.29 is 4.79 Å². The zero-order valence-electron chi connectivity index (χ0n) is 11.0. The van der Waals surface area contributed by atoms with Crippen LogP contribution in [0.2, 0.25) is 0 Å². The van der Waals surface area contributed by atoms with E-state index in [4.69, 9.17) is 0 Å². The van der Waals surface area contributed by atoms with Gasteiger partial charge in [0.25, 0.3) is 0 Å². The lowest BCUT2D eigenvalue weighted by molar-refractivity contribution is -0.120. The average molecular weight is 334 g/mol. The van der Waals surface area contributed by atoms with Crippen molar-refractivity contribution in [2.45, 2.75) is 13.1 Å². The largest absolute Gasteiger partial charge is 0.351 e. The predicted octanol–water partition coefficient (Wildman–Crippen LogP) is 2.25. The maximum absolute atomic E-state index is 11.7. The lowest BCUT2D eigenvalue weighted by Crippen LogP contribution is -2.33. The molecule has 0 radical (unpaired) electrons. The van der Waals surface area contributed by atoms with Gasteiger partial charge in [-0.05, 0) is 33.6 Å². The number of pyridine rings is 1. The summed E-state index contributed by atoms with van der Waals surface area (Å²) >= 11 is 3.33. The summed E-state index contributed by atoms with van der Waals surface area (Å²) in [6.45, 7) is 1.41. The van der Waals surface area contributed by atoms with E-state index in [0.29, 0.717) is 13.1 Å². The van der Waals surface area contributed by atoms with Crippen LogP contribution in [0.3, 0.4) is 0 Å². The minimum Gasteiger partial charge on any atom is -0.351 e. The fourth-order valence-electron chi connectivity index (χ4n) is 1.67. The Morgan fingerprint density at radius 1 is 1.10 bits per heavy atom. The molecule has 0 fully saturated rings. The van der Waals surface area contributed by atoms with Gasteiger partial charge < -0.3 is 10.6 Å². The second kappa shape index (κ2) is 7.77. The third-order valence-electron chi connectivity index (χ3n) is 2.71. The van der Waals surface area contributed by atoms with E-state index in [9.17, 15) is 4.79 Å². The second-order valence-corrected chi connectivity index (χ2v) is 5.25. The molecular weight excluding hydrogens is 318 g/mol. The molecule has 2 rings (SSSR count). The van der Waals surface area contributed by atoms with Gasteiger partial charge in [0.2, 0.25) is 5.91 Å². The molecule has 1 heterocycles. The number of nitrogens with one attached hydrogen (secondary N) is 2. The molecule has 2 aromatic rings. The van der Waals surface area contributed by atoms with E-state index in [1.165, 1.54) is 0 Å². The molecule has 0 atom stereocenters. The van der Waals surface area contributed by atoms with Gasteiger partial charge in [0.15, 0.2) is 0 Å². The highest BCUT2D eigenvalue weighted by molar-refractivity contribution is 9.10. The van der Waals surface area contributed by atoms with Crippen LogP contribution in [-0.2, 0) is 17.9 Å². The second-order valence-electron chi connectivity index (χ2n) is 4.33. The summed E-state index contributed by atoms with van der Waals surface area (Å²) in [5.74, 6) is -0.0223. The third-order valence-corrected chi connectivity index (χ3v) is 3.18. The van der Waals surface area contributed by atoms with E-state index < -0.39 is 0 Å². The van der Waals surface area contributed by atoms with Gasteiger partial charge in [-0.15, -0.1) is 0 Å². The van der Waals surface area contributed by atoms with Crippen molar-refractivity contribution in [1.82, 2.24) is 15.6 Å². The zero-order valence-corrected chi connectivity index (χ0v) is 12.6. The highest BCUT2D eigenvalue weighted by atomic mass is 79.9. The fourth-order valence-corrected chi connectivity index (χ4v) is 1.91. The summed E-state index contributed by atoms with van der Waals surface area (Å²) in [6, 6.07) is 13.7. The summed E-state index contributed by atoms with van der Waals surface area (Å²) in [7, 11) is 0. The predicted molar refractivity (Wildman–Crippen MR) is 81.9 cm³/mol. The lowest BCUT2D eigenvalue weighted by Gasteiger charge is -2.06. The number of carbonyl (C=O) groups excluding carboxylic acids is 1. The first-order chi connectivity index (χ1) is 9.74. The molecule has 0 saturated carbocycles. The molecular formula is C15H16BrN3O. The van der Waals surface area contributed by atoms with Gasteiger partial charge in [0.1, 0.15) is 0 Å².